The second-order valence-electron chi connectivity index (χ2n) is 3.09. The molecule has 0 aromatic carbocycles. The molecule has 1 aromatic rings. The summed E-state index contributed by atoms with van der Waals surface area (Å²) < 4.78 is 0. The van der Waals surface area contributed by atoms with Crippen molar-refractivity contribution in [2.75, 3.05) is 5.73 Å². The predicted molar refractivity (Wildman–Crippen MR) is 53.3 cm³/mol. The van der Waals surface area contributed by atoms with E-state index < -0.39 is 0 Å². The molecule has 0 unspecified atom stereocenters. The number of nitrogens with two attached hydrogens (primary N) is 1. The minimum absolute atomic E-state index is 0.400. The quantitative estimate of drug-likeness (QED) is 0.748. The molecule has 3 nitrogen and oxygen atoms in total. The summed E-state index contributed by atoms with van der Waals surface area (Å²) in [6.07, 6.45) is 5.55. The molecule has 0 radical (unpaired) electrons. The molecule has 68 valence electrons. The van der Waals surface area contributed by atoms with Crippen molar-refractivity contribution < 1.29 is 0 Å². The zero-order chi connectivity index (χ0) is 9.26. The van der Waals surface area contributed by atoms with Crippen molar-refractivity contribution in [3.63, 3.8) is 0 Å². The van der Waals surface area contributed by atoms with Crippen molar-refractivity contribution >= 4 is 23.0 Å². The van der Waals surface area contributed by atoms with Crippen LogP contribution in [0, 0.1) is 0 Å². The maximum Gasteiger partial charge on any atom is 0.153 e. The van der Waals surface area contributed by atoms with Gasteiger partial charge in [0.2, 0.25) is 0 Å². The highest BCUT2D eigenvalue weighted by Crippen LogP contribution is 2.30. The lowest BCUT2D eigenvalue weighted by atomic mass is 10.1. The van der Waals surface area contributed by atoms with E-state index in [1.807, 2.05) is 0 Å². The topological polar surface area (TPSA) is 51.8 Å². The van der Waals surface area contributed by atoms with Gasteiger partial charge in [-0.2, -0.15) is 0 Å². The Morgan fingerprint density at radius 2 is 2.23 bits per heavy atom. The highest BCUT2D eigenvalue weighted by atomic mass is 35.5. The molecule has 1 aliphatic rings. The number of nitrogens with zero attached hydrogens (tertiary/aromatic N) is 2. The molecule has 0 fully saturated rings. The minimum Gasteiger partial charge on any atom is -0.382 e. The van der Waals surface area contributed by atoms with Gasteiger partial charge in [-0.3, -0.25) is 0 Å². The molecule has 1 aliphatic carbocycles. The molecule has 2 N–H and O–H groups in total. The van der Waals surface area contributed by atoms with Gasteiger partial charge >= 0.3 is 0 Å². The summed E-state index contributed by atoms with van der Waals surface area (Å²) in [5.41, 5.74) is 7.88. The number of hydrogen-bond donors (Lipinski definition) is 1. The number of hydrogen-bond acceptors (Lipinski definition) is 3. The third-order valence-electron chi connectivity index (χ3n) is 2.18. The number of nitrogen functional groups attached to an aromatic ring is 1. The second kappa shape index (κ2) is 3.34. The molecule has 0 aliphatic heterocycles. The van der Waals surface area contributed by atoms with Crippen LogP contribution < -0.4 is 5.73 Å². The Kier molecular flexibility index (Phi) is 2.19. The van der Waals surface area contributed by atoms with Crippen LogP contribution in [0.1, 0.15) is 24.8 Å². The Labute approximate surface area is 81.6 Å². The molecule has 0 atom stereocenters. The van der Waals surface area contributed by atoms with Gasteiger partial charge in [-0.15, -0.1) is 10.2 Å². The molecular formula is C9H10ClN3. The zero-order valence-electron chi connectivity index (χ0n) is 7.13. The fraction of sp³-hybridized carbons (Fsp3) is 0.333. The van der Waals surface area contributed by atoms with E-state index >= 15 is 0 Å². The van der Waals surface area contributed by atoms with Gasteiger partial charge < -0.3 is 5.73 Å². The Balaban J connectivity index is 2.43. The Morgan fingerprint density at radius 1 is 1.38 bits per heavy atom. The maximum atomic E-state index is 5.74. The van der Waals surface area contributed by atoms with E-state index in [-0.39, 0.29) is 0 Å². The van der Waals surface area contributed by atoms with E-state index in [0.29, 0.717) is 11.0 Å². The smallest absolute Gasteiger partial charge is 0.153 e. The fourth-order valence-electron chi connectivity index (χ4n) is 1.55. The number of aromatic nitrogens is 2. The van der Waals surface area contributed by atoms with Crippen molar-refractivity contribution in [3.8, 4) is 0 Å². The lowest BCUT2D eigenvalue weighted by Gasteiger charge is -2.04. The van der Waals surface area contributed by atoms with Crippen LogP contribution in [0.5, 0.6) is 0 Å². The van der Waals surface area contributed by atoms with Gasteiger partial charge in [0.15, 0.2) is 11.0 Å². The summed E-state index contributed by atoms with van der Waals surface area (Å²) in [7, 11) is 0. The van der Waals surface area contributed by atoms with Gasteiger partial charge in [-0.1, -0.05) is 17.7 Å². The van der Waals surface area contributed by atoms with Crippen LogP contribution in [0.15, 0.2) is 12.1 Å². The molecule has 0 amide bonds. The first-order valence-electron chi connectivity index (χ1n) is 4.25. The summed E-state index contributed by atoms with van der Waals surface area (Å²) in [6, 6.07) is 1.78. The highest BCUT2D eigenvalue weighted by molar-refractivity contribution is 6.29. The van der Waals surface area contributed by atoms with Crippen LogP contribution in [-0.2, 0) is 0 Å². The van der Waals surface area contributed by atoms with E-state index in [1.165, 1.54) is 12.0 Å². The number of rotatable bonds is 1. The third-order valence-corrected chi connectivity index (χ3v) is 2.36. The number of anilines is 1. The van der Waals surface area contributed by atoms with Gasteiger partial charge in [-0.05, 0) is 30.9 Å². The Hall–Kier alpha value is -1.09. The minimum atomic E-state index is 0.400. The summed E-state index contributed by atoms with van der Waals surface area (Å²) in [5.74, 6) is 0.470. The van der Waals surface area contributed by atoms with Crippen LogP contribution in [0.2, 0.25) is 5.15 Å². The number of allylic oxidation sites excluding steroid dienone is 2. The summed E-state index contributed by atoms with van der Waals surface area (Å²) >= 11 is 5.74. The van der Waals surface area contributed by atoms with E-state index in [9.17, 15) is 0 Å². The van der Waals surface area contributed by atoms with Crippen LogP contribution in [-0.4, -0.2) is 10.2 Å². The molecular weight excluding hydrogens is 186 g/mol. The van der Waals surface area contributed by atoms with Gasteiger partial charge in [0, 0.05) is 5.56 Å². The van der Waals surface area contributed by atoms with Crippen LogP contribution in [0.4, 0.5) is 5.82 Å². The molecule has 2 rings (SSSR count). The van der Waals surface area contributed by atoms with Gasteiger partial charge in [-0.25, -0.2) is 0 Å². The standard InChI is InChI=1S/C9H10ClN3/c10-8-5-7(9(11)13-12-8)6-3-1-2-4-6/h3,5H,1-2,4H2,(H2,11,13). The highest BCUT2D eigenvalue weighted by Gasteiger charge is 2.11. The monoisotopic (exact) mass is 195 g/mol. The first-order valence-corrected chi connectivity index (χ1v) is 4.63. The Bertz CT molecular complexity index is 360. The van der Waals surface area contributed by atoms with Crippen molar-refractivity contribution in [3.05, 3.63) is 22.9 Å². The molecule has 0 saturated carbocycles. The van der Waals surface area contributed by atoms with Gasteiger partial charge in [0.05, 0.1) is 0 Å². The van der Waals surface area contributed by atoms with E-state index in [4.69, 9.17) is 17.3 Å². The first-order chi connectivity index (χ1) is 6.27. The van der Waals surface area contributed by atoms with Crippen LogP contribution in [0.3, 0.4) is 0 Å². The summed E-state index contributed by atoms with van der Waals surface area (Å²) in [6.45, 7) is 0. The zero-order valence-corrected chi connectivity index (χ0v) is 7.88. The van der Waals surface area contributed by atoms with Crippen molar-refractivity contribution in [1.29, 1.82) is 0 Å². The molecule has 4 heteroatoms. The molecule has 0 saturated heterocycles. The van der Waals surface area contributed by atoms with Gasteiger partial charge in [0.25, 0.3) is 0 Å². The third kappa shape index (κ3) is 1.65. The SMILES string of the molecule is Nc1nnc(Cl)cc1C1=CCCC1. The maximum absolute atomic E-state index is 5.74. The summed E-state index contributed by atoms with van der Waals surface area (Å²) in [5, 5.41) is 7.85. The molecule has 1 heterocycles. The van der Waals surface area contributed by atoms with Crippen LogP contribution >= 0.6 is 11.6 Å². The first kappa shape index (κ1) is 8.51. The molecule has 13 heavy (non-hydrogen) atoms. The fourth-order valence-corrected chi connectivity index (χ4v) is 1.70. The van der Waals surface area contributed by atoms with Gasteiger partial charge in [0.1, 0.15) is 0 Å². The number of halogens is 1. The average molecular weight is 196 g/mol. The van der Waals surface area contributed by atoms with Crippen molar-refractivity contribution in [2.45, 2.75) is 19.3 Å². The predicted octanol–water partition coefficient (Wildman–Crippen LogP) is 2.28. The Morgan fingerprint density at radius 3 is 2.92 bits per heavy atom. The molecule has 0 bridgehead atoms. The normalized spacial score (nSPS) is 15.9. The average Bonchev–Trinajstić information content (AvgIpc) is 2.61. The van der Waals surface area contributed by atoms with E-state index in [0.717, 1.165) is 18.4 Å². The van der Waals surface area contributed by atoms with Crippen LogP contribution in [0.25, 0.3) is 5.57 Å². The van der Waals surface area contributed by atoms with Crippen molar-refractivity contribution in [1.82, 2.24) is 10.2 Å². The lowest BCUT2D eigenvalue weighted by Crippen LogP contribution is -1.98. The molecule has 1 aromatic heterocycles. The second-order valence-corrected chi connectivity index (χ2v) is 3.47. The van der Waals surface area contributed by atoms with E-state index in [1.54, 1.807) is 6.07 Å². The van der Waals surface area contributed by atoms with E-state index in [2.05, 4.69) is 16.3 Å². The summed E-state index contributed by atoms with van der Waals surface area (Å²) in [4.78, 5) is 0. The lowest BCUT2D eigenvalue weighted by molar-refractivity contribution is 0.933. The largest absolute Gasteiger partial charge is 0.382 e. The molecule has 0 spiro atoms. The van der Waals surface area contributed by atoms with Crippen molar-refractivity contribution in [2.24, 2.45) is 0 Å².